The molecule has 0 bridgehead atoms. The van der Waals surface area contributed by atoms with Crippen LogP contribution in [-0.4, -0.2) is 46.9 Å². The van der Waals surface area contributed by atoms with E-state index < -0.39 is 0 Å². The van der Waals surface area contributed by atoms with Crippen LogP contribution in [0.25, 0.3) is 22.5 Å². The highest BCUT2D eigenvalue weighted by molar-refractivity contribution is 8.13. The summed E-state index contributed by atoms with van der Waals surface area (Å²) in [5, 5.41) is 7.24. The summed E-state index contributed by atoms with van der Waals surface area (Å²) in [6.45, 7) is 5.22. The molecule has 0 aliphatic rings. The van der Waals surface area contributed by atoms with Crippen molar-refractivity contribution in [1.82, 2.24) is 20.7 Å². The molecule has 0 fully saturated rings. The largest absolute Gasteiger partial charge is 0.353 e. The number of amides is 1. The van der Waals surface area contributed by atoms with Gasteiger partial charge in [-0.15, -0.1) is 0 Å². The van der Waals surface area contributed by atoms with Crippen LogP contribution < -0.4 is 15.6 Å². The summed E-state index contributed by atoms with van der Waals surface area (Å²) >= 11 is 1.52. The topological polar surface area (TPSA) is 82.5 Å². The number of unbranched alkanes of at least 4 members (excludes halogenated alkanes) is 1. The smallest absolute Gasteiger partial charge is 0.213 e. The zero-order valence-corrected chi connectivity index (χ0v) is 20.8. The van der Waals surface area contributed by atoms with Gasteiger partial charge in [0.25, 0.3) is 0 Å². The molecule has 8 heteroatoms. The van der Waals surface area contributed by atoms with Crippen molar-refractivity contribution in [2.75, 3.05) is 24.2 Å². The van der Waals surface area contributed by atoms with Gasteiger partial charge in [0.05, 0.1) is 17.6 Å². The second-order valence-corrected chi connectivity index (χ2v) is 8.99. The third-order valence-corrected chi connectivity index (χ3v) is 6.18. The van der Waals surface area contributed by atoms with Crippen LogP contribution in [0, 0.1) is 0 Å². The quantitative estimate of drug-likeness (QED) is 0.136. The van der Waals surface area contributed by atoms with E-state index in [9.17, 15) is 4.79 Å². The zero-order valence-electron chi connectivity index (χ0n) is 19.9. The molecule has 0 spiro atoms. The average molecular weight is 477 g/mol. The van der Waals surface area contributed by atoms with Crippen molar-refractivity contribution in [3.05, 3.63) is 66.9 Å². The number of nitrogens with zero attached hydrogens (tertiary/aromatic N) is 4. The molecule has 34 heavy (non-hydrogen) atoms. The Kier molecular flexibility index (Phi) is 9.91. The van der Waals surface area contributed by atoms with Crippen molar-refractivity contribution >= 4 is 29.2 Å². The Balaban J connectivity index is 1.77. The lowest BCUT2D eigenvalue weighted by Crippen LogP contribution is -2.33. The third-order valence-electron chi connectivity index (χ3n) is 5.20. The van der Waals surface area contributed by atoms with Crippen molar-refractivity contribution in [1.29, 1.82) is 0 Å². The van der Waals surface area contributed by atoms with Gasteiger partial charge in [-0.3, -0.25) is 9.78 Å². The van der Waals surface area contributed by atoms with Gasteiger partial charge in [-0.05, 0) is 26.7 Å². The first kappa shape index (κ1) is 25.2. The number of hydrogen-bond donors (Lipinski definition) is 2. The molecular formula is C26H32N6OS. The molecule has 7 nitrogen and oxygen atoms in total. The predicted molar refractivity (Wildman–Crippen MR) is 143 cm³/mol. The number of hydrogen-bond acceptors (Lipinski definition) is 7. The number of anilines is 1. The van der Waals surface area contributed by atoms with Crippen LogP contribution in [0.15, 0.2) is 72.0 Å². The van der Waals surface area contributed by atoms with Crippen molar-refractivity contribution < 1.29 is 4.79 Å². The maximum atomic E-state index is 10.7. The van der Waals surface area contributed by atoms with Gasteiger partial charge in [-0.25, -0.2) is 4.98 Å². The maximum Gasteiger partial charge on any atom is 0.213 e. The molecule has 0 saturated carbocycles. The molecule has 1 heterocycles. The molecule has 0 radical (unpaired) electrons. The number of carbonyl (C=O) groups excluding carboxylic acids is 1. The van der Waals surface area contributed by atoms with Crippen LogP contribution in [0.1, 0.15) is 26.7 Å². The summed E-state index contributed by atoms with van der Waals surface area (Å²) in [7, 11) is 1.71. The molecule has 0 saturated heterocycles. The van der Waals surface area contributed by atoms with Crippen molar-refractivity contribution in [2.24, 2.45) is 5.10 Å². The Bertz CT molecular complexity index is 1060. The van der Waals surface area contributed by atoms with Crippen LogP contribution in [-0.2, 0) is 4.79 Å². The number of rotatable bonds is 11. The summed E-state index contributed by atoms with van der Waals surface area (Å²) in [4.78, 5) is 23.0. The monoisotopic (exact) mass is 476 g/mol. The van der Waals surface area contributed by atoms with Crippen LogP contribution in [0.2, 0.25) is 0 Å². The van der Waals surface area contributed by atoms with E-state index in [-0.39, 0.29) is 6.04 Å². The summed E-state index contributed by atoms with van der Waals surface area (Å²) in [5.74, 6) is 1.74. The fourth-order valence-electron chi connectivity index (χ4n) is 3.57. The highest BCUT2D eigenvalue weighted by atomic mass is 32.2. The number of aromatic nitrogens is 2. The molecule has 3 rings (SSSR count). The lowest BCUT2D eigenvalue weighted by molar-refractivity contribution is -0.108. The minimum absolute atomic E-state index is 0.284. The third kappa shape index (κ3) is 7.05. The van der Waals surface area contributed by atoms with Gasteiger partial charge in [-0.1, -0.05) is 72.4 Å². The Morgan fingerprint density at radius 1 is 1.03 bits per heavy atom. The normalized spacial score (nSPS) is 11.4. The maximum absolute atomic E-state index is 10.7. The molecule has 2 N–H and O–H groups in total. The first-order valence-electron chi connectivity index (χ1n) is 11.5. The molecule has 0 atom stereocenters. The van der Waals surface area contributed by atoms with Gasteiger partial charge in [0, 0.05) is 36.5 Å². The predicted octanol–water partition coefficient (Wildman–Crippen LogP) is 4.78. The van der Waals surface area contributed by atoms with E-state index in [4.69, 9.17) is 9.97 Å². The van der Waals surface area contributed by atoms with Gasteiger partial charge in [0.2, 0.25) is 6.41 Å². The van der Waals surface area contributed by atoms with Crippen molar-refractivity contribution in [2.45, 2.75) is 32.7 Å². The van der Waals surface area contributed by atoms with Gasteiger partial charge < -0.3 is 15.6 Å². The van der Waals surface area contributed by atoms with E-state index in [1.54, 1.807) is 7.05 Å². The fraction of sp³-hybridized carbons (Fsp3) is 0.308. The van der Waals surface area contributed by atoms with E-state index in [0.29, 0.717) is 11.6 Å². The van der Waals surface area contributed by atoms with E-state index in [1.165, 1.54) is 11.8 Å². The Hall–Kier alpha value is -3.39. The summed E-state index contributed by atoms with van der Waals surface area (Å²) in [6, 6.07) is 20.7. The summed E-state index contributed by atoms with van der Waals surface area (Å²) in [6.07, 6.45) is 4.50. The van der Waals surface area contributed by atoms with Crippen molar-refractivity contribution in [3.8, 4) is 22.5 Å². The van der Waals surface area contributed by atoms with Crippen molar-refractivity contribution in [3.63, 3.8) is 0 Å². The molecular weight excluding hydrogens is 444 g/mol. The SMILES string of the molecule is CN/N=C(\NC=O)SCCCCN(c1cnc(-c2ccccc2)c(-c2ccccc2)n1)C(C)C. The van der Waals surface area contributed by atoms with Gasteiger partial charge in [-0.2, -0.15) is 5.10 Å². The number of nitrogens with one attached hydrogen (secondary N) is 2. The minimum Gasteiger partial charge on any atom is -0.353 e. The Morgan fingerprint density at radius 3 is 2.26 bits per heavy atom. The lowest BCUT2D eigenvalue weighted by Gasteiger charge is -2.28. The van der Waals surface area contributed by atoms with Crippen LogP contribution in [0.5, 0.6) is 0 Å². The summed E-state index contributed by atoms with van der Waals surface area (Å²) < 4.78 is 0. The highest BCUT2D eigenvalue weighted by Crippen LogP contribution is 2.31. The van der Waals surface area contributed by atoms with Crippen LogP contribution in [0.4, 0.5) is 5.82 Å². The molecule has 178 valence electrons. The van der Waals surface area contributed by atoms with E-state index in [2.05, 4.69) is 58.9 Å². The summed E-state index contributed by atoms with van der Waals surface area (Å²) in [5.41, 5.74) is 6.58. The number of thioether (sulfide) groups is 1. The standard InChI is InChI=1S/C26H32N6OS/c1-20(2)32(16-10-11-17-34-26(29-19-33)31-27-3)23-18-28-24(21-12-6-4-7-13-21)25(30-23)22-14-8-5-9-15-22/h4-9,12-15,18-20,27H,10-11,16-17H2,1-3H3,(H,29,31,33). The van der Waals surface area contributed by atoms with Crippen LogP contribution >= 0.6 is 11.8 Å². The number of benzene rings is 2. The van der Waals surface area contributed by atoms with E-state index in [0.717, 1.165) is 53.5 Å². The highest BCUT2D eigenvalue weighted by Gasteiger charge is 2.17. The van der Waals surface area contributed by atoms with E-state index >= 15 is 0 Å². The molecule has 0 aliphatic carbocycles. The van der Waals surface area contributed by atoms with Gasteiger partial charge >= 0.3 is 0 Å². The van der Waals surface area contributed by atoms with Crippen LogP contribution in [0.3, 0.4) is 0 Å². The van der Waals surface area contributed by atoms with Gasteiger partial charge in [0.1, 0.15) is 5.82 Å². The lowest BCUT2D eigenvalue weighted by atomic mass is 10.0. The first-order chi connectivity index (χ1) is 16.6. The van der Waals surface area contributed by atoms with Gasteiger partial charge in [0.15, 0.2) is 5.17 Å². The second kappa shape index (κ2) is 13.3. The molecule has 0 aliphatic heterocycles. The second-order valence-electron chi connectivity index (χ2n) is 7.90. The average Bonchev–Trinajstić information content (AvgIpc) is 2.87. The number of amidine groups is 1. The Morgan fingerprint density at radius 2 is 1.68 bits per heavy atom. The number of hydrazone groups is 1. The molecule has 1 aromatic heterocycles. The number of carbonyl (C=O) groups is 1. The van der Waals surface area contributed by atoms with E-state index in [1.807, 2.05) is 42.6 Å². The Labute approximate surface area is 206 Å². The molecule has 0 unspecified atom stereocenters. The zero-order chi connectivity index (χ0) is 24.2. The minimum atomic E-state index is 0.284. The molecule has 3 aromatic rings. The fourth-order valence-corrected chi connectivity index (χ4v) is 4.40. The molecule has 1 amide bonds. The first-order valence-corrected chi connectivity index (χ1v) is 12.4. The molecule has 2 aromatic carbocycles.